The highest BCUT2D eigenvalue weighted by atomic mass is 32.2. The molecule has 1 atom stereocenters. The van der Waals surface area contributed by atoms with Crippen LogP contribution in [0.1, 0.15) is 43.0 Å². The minimum Gasteiger partial charge on any atom is -0.495 e. The molecule has 0 saturated carbocycles. The van der Waals surface area contributed by atoms with Crippen LogP contribution < -0.4 is 14.4 Å². The van der Waals surface area contributed by atoms with Gasteiger partial charge in [-0.25, -0.2) is 8.42 Å². The van der Waals surface area contributed by atoms with Crippen molar-refractivity contribution in [2.45, 2.75) is 64.1 Å². The Bertz CT molecular complexity index is 1750. The highest BCUT2D eigenvalue weighted by molar-refractivity contribution is 7.92. The monoisotopic (exact) mass is 641 g/mol. The Morgan fingerprint density at radius 1 is 0.826 bits per heavy atom. The zero-order chi connectivity index (χ0) is 33.5. The number of hydrogen-bond acceptors (Lipinski definition) is 5. The van der Waals surface area contributed by atoms with Crippen molar-refractivity contribution < 1.29 is 22.7 Å². The van der Waals surface area contributed by atoms with E-state index in [0.29, 0.717) is 5.75 Å². The summed E-state index contributed by atoms with van der Waals surface area (Å²) >= 11 is 0. The summed E-state index contributed by atoms with van der Waals surface area (Å²) in [5, 5.41) is 3.06. The largest absolute Gasteiger partial charge is 0.495 e. The fraction of sp³-hybridized carbons (Fsp3) is 0.297. The van der Waals surface area contributed by atoms with Gasteiger partial charge in [0.25, 0.3) is 10.0 Å². The number of methoxy groups -OCH3 is 1. The minimum absolute atomic E-state index is 0.0357. The number of aryl methyl sites for hydroxylation is 2. The van der Waals surface area contributed by atoms with Gasteiger partial charge in [0.1, 0.15) is 18.3 Å². The summed E-state index contributed by atoms with van der Waals surface area (Å²) in [6.07, 6.45) is 0.236. The van der Waals surface area contributed by atoms with E-state index < -0.39 is 34.1 Å². The van der Waals surface area contributed by atoms with Crippen molar-refractivity contribution in [1.82, 2.24) is 10.2 Å². The fourth-order valence-corrected chi connectivity index (χ4v) is 6.59. The summed E-state index contributed by atoms with van der Waals surface area (Å²) < 4.78 is 35.2. The number of nitrogens with one attached hydrogen (secondary N) is 1. The Morgan fingerprint density at radius 3 is 2.07 bits per heavy atom. The van der Waals surface area contributed by atoms with Gasteiger partial charge in [0.2, 0.25) is 11.8 Å². The standard InChI is InChI=1S/C37H43N3O5S/c1-27-20-22-31(23-21-27)46(43,44)40(32-18-12-13-19-34(32)45-6)26-35(41)39(25-30-17-11-10-14-28(30)2)33(36(42)38-37(3,4)5)24-29-15-8-7-9-16-29/h7-23,33H,24-26H2,1-6H3,(H,38,42)/t33-/m1/s1. The maximum Gasteiger partial charge on any atom is 0.264 e. The lowest BCUT2D eigenvalue weighted by Gasteiger charge is -2.35. The van der Waals surface area contributed by atoms with Crippen LogP contribution in [0.4, 0.5) is 5.69 Å². The van der Waals surface area contributed by atoms with Gasteiger partial charge in [-0.3, -0.25) is 13.9 Å². The molecule has 4 aromatic rings. The molecule has 8 nitrogen and oxygen atoms in total. The number of nitrogens with zero attached hydrogens (tertiary/aromatic N) is 2. The van der Waals surface area contributed by atoms with Crippen molar-refractivity contribution in [2.75, 3.05) is 18.0 Å². The summed E-state index contributed by atoms with van der Waals surface area (Å²) in [5.41, 5.74) is 3.21. The molecule has 0 aliphatic heterocycles. The molecule has 2 amide bonds. The zero-order valence-corrected chi connectivity index (χ0v) is 28.2. The molecule has 0 aliphatic carbocycles. The van der Waals surface area contributed by atoms with Gasteiger partial charge in [0.05, 0.1) is 17.7 Å². The van der Waals surface area contributed by atoms with Crippen molar-refractivity contribution in [1.29, 1.82) is 0 Å². The maximum atomic E-state index is 14.7. The van der Waals surface area contributed by atoms with Crippen LogP contribution in [0.2, 0.25) is 0 Å². The molecule has 0 fully saturated rings. The number of sulfonamides is 1. The Balaban J connectivity index is 1.85. The van der Waals surface area contributed by atoms with E-state index in [1.807, 2.05) is 89.2 Å². The maximum absolute atomic E-state index is 14.7. The zero-order valence-electron chi connectivity index (χ0n) is 27.4. The van der Waals surface area contributed by atoms with Gasteiger partial charge in [0.15, 0.2) is 0 Å². The lowest BCUT2D eigenvalue weighted by atomic mass is 10.00. The van der Waals surface area contributed by atoms with Crippen LogP contribution >= 0.6 is 0 Å². The molecule has 0 heterocycles. The van der Waals surface area contributed by atoms with Crippen LogP contribution in [0.3, 0.4) is 0 Å². The third kappa shape index (κ3) is 8.54. The highest BCUT2D eigenvalue weighted by Gasteiger charge is 2.36. The predicted octanol–water partition coefficient (Wildman–Crippen LogP) is 6.06. The van der Waals surface area contributed by atoms with Gasteiger partial charge in [0, 0.05) is 18.5 Å². The average molecular weight is 642 g/mol. The van der Waals surface area contributed by atoms with Crippen molar-refractivity contribution in [2.24, 2.45) is 0 Å². The SMILES string of the molecule is COc1ccccc1N(CC(=O)N(Cc1ccccc1C)[C@H](Cc1ccccc1)C(=O)NC(C)(C)C)S(=O)(=O)c1ccc(C)cc1. The van der Waals surface area contributed by atoms with Crippen LogP contribution in [-0.2, 0) is 32.6 Å². The first kappa shape index (κ1) is 34.2. The Labute approximate surface area is 273 Å². The predicted molar refractivity (Wildman–Crippen MR) is 182 cm³/mol. The topological polar surface area (TPSA) is 96.0 Å². The minimum atomic E-state index is -4.24. The summed E-state index contributed by atoms with van der Waals surface area (Å²) in [6.45, 7) is 9.02. The third-order valence-corrected chi connectivity index (χ3v) is 9.39. The summed E-state index contributed by atoms with van der Waals surface area (Å²) in [4.78, 5) is 30.2. The Kier molecular flexibility index (Phi) is 10.9. The van der Waals surface area contributed by atoms with Crippen molar-refractivity contribution >= 4 is 27.5 Å². The number of rotatable bonds is 12. The number of anilines is 1. The molecule has 0 saturated heterocycles. The molecular weight excluding hydrogens is 598 g/mol. The van der Waals surface area contributed by atoms with Gasteiger partial charge in [-0.2, -0.15) is 0 Å². The van der Waals surface area contributed by atoms with E-state index in [4.69, 9.17) is 4.74 Å². The molecular formula is C37H43N3O5S. The third-order valence-electron chi connectivity index (χ3n) is 7.61. The van der Waals surface area contributed by atoms with Gasteiger partial charge in [-0.1, -0.05) is 84.4 Å². The number of ether oxygens (including phenoxy) is 1. The van der Waals surface area contributed by atoms with Crippen molar-refractivity contribution in [3.05, 3.63) is 125 Å². The molecule has 0 aliphatic rings. The molecule has 4 aromatic carbocycles. The lowest BCUT2D eigenvalue weighted by Crippen LogP contribution is -2.56. The van der Waals surface area contributed by atoms with Crippen LogP contribution in [0.15, 0.2) is 108 Å². The first-order valence-electron chi connectivity index (χ1n) is 15.2. The fourth-order valence-electron chi connectivity index (χ4n) is 5.16. The van der Waals surface area contributed by atoms with E-state index >= 15 is 0 Å². The molecule has 9 heteroatoms. The van der Waals surface area contributed by atoms with Gasteiger partial charge in [-0.15, -0.1) is 0 Å². The van der Waals surface area contributed by atoms with Crippen molar-refractivity contribution in [3.63, 3.8) is 0 Å². The molecule has 0 spiro atoms. The second kappa shape index (κ2) is 14.6. The number of carbonyl (C=O) groups excluding carboxylic acids is 2. The normalized spacial score (nSPS) is 12.2. The number of hydrogen-bond donors (Lipinski definition) is 1. The van der Waals surface area contributed by atoms with E-state index in [2.05, 4.69) is 5.32 Å². The molecule has 0 unspecified atom stereocenters. The number of benzene rings is 4. The average Bonchev–Trinajstić information content (AvgIpc) is 3.02. The van der Waals surface area contributed by atoms with E-state index in [9.17, 15) is 18.0 Å². The summed E-state index contributed by atoms with van der Waals surface area (Å²) in [7, 11) is -2.79. The van der Waals surface area contributed by atoms with Gasteiger partial charge >= 0.3 is 0 Å². The second-order valence-corrected chi connectivity index (χ2v) is 14.3. The van der Waals surface area contributed by atoms with Crippen LogP contribution in [0, 0.1) is 13.8 Å². The number of carbonyl (C=O) groups is 2. The van der Waals surface area contributed by atoms with E-state index in [-0.39, 0.29) is 29.5 Å². The smallest absolute Gasteiger partial charge is 0.264 e. The van der Waals surface area contributed by atoms with Crippen LogP contribution in [-0.4, -0.2) is 50.4 Å². The summed E-state index contributed by atoms with van der Waals surface area (Å²) in [6, 6.07) is 29.4. The summed E-state index contributed by atoms with van der Waals surface area (Å²) in [5.74, 6) is -0.568. The highest BCUT2D eigenvalue weighted by Crippen LogP contribution is 2.33. The van der Waals surface area contributed by atoms with Gasteiger partial charge in [-0.05, 0) is 75.6 Å². The Morgan fingerprint density at radius 2 is 1.43 bits per heavy atom. The van der Waals surface area contributed by atoms with E-state index in [0.717, 1.165) is 26.6 Å². The first-order chi connectivity index (χ1) is 21.8. The molecule has 0 radical (unpaired) electrons. The first-order valence-corrected chi connectivity index (χ1v) is 16.7. The molecule has 242 valence electrons. The van der Waals surface area contributed by atoms with Gasteiger partial charge < -0.3 is 15.0 Å². The van der Waals surface area contributed by atoms with E-state index in [1.54, 1.807) is 36.4 Å². The molecule has 1 N–H and O–H groups in total. The van der Waals surface area contributed by atoms with E-state index in [1.165, 1.54) is 24.1 Å². The Hall–Kier alpha value is -4.63. The number of para-hydroxylation sites is 2. The molecule has 4 rings (SSSR count). The molecule has 0 bridgehead atoms. The second-order valence-electron chi connectivity index (χ2n) is 12.4. The molecule has 0 aromatic heterocycles. The lowest BCUT2D eigenvalue weighted by molar-refractivity contribution is -0.140. The quantitative estimate of drug-likeness (QED) is 0.203. The van der Waals surface area contributed by atoms with Crippen molar-refractivity contribution in [3.8, 4) is 5.75 Å². The van der Waals surface area contributed by atoms with Crippen LogP contribution in [0.25, 0.3) is 0 Å². The molecule has 46 heavy (non-hydrogen) atoms. The van der Waals surface area contributed by atoms with Crippen LogP contribution in [0.5, 0.6) is 5.75 Å². The number of amides is 2.